The van der Waals surface area contributed by atoms with Gasteiger partial charge >= 0.3 is 0 Å². The molecule has 1 aromatic heterocycles. The molecule has 1 atom stereocenters. The molecule has 0 spiro atoms. The molecule has 19 heavy (non-hydrogen) atoms. The molecule has 7 heteroatoms. The van der Waals surface area contributed by atoms with Gasteiger partial charge in [0.1, 0.15) is 11.6 Å². The van der Waals surface area contributed by atoms with Crippen molar-refractivity contribution in [2.45, 2.75) is 6.04 Å². The molecule has 0 amide bonds. The molecule has 0 saturated heterocycles. The number of hydrogen-bond donors (Lipinski definition) is 2. The van der Waals surface area contributed by atoms with E-state index in [0.29, 0.717) is 10.2 Å². The van der Waals surface area contributed by atoms with Crippen molar-refractivity contribution in [2.24, 2.45) is 5.84 Å². The number of benzene rings is 1. The molecule has 0 aliphatic heterocycles. The lowest BCUT2D eigenvalue weighted by molar-refractivity contribution is 0.538. The van der Waals surface area contributed by atoms with Crippen LogP contribution in [0.3, 0.4) is 0 Å². The number of rotatable bonds is 3. The van der Waals surface area contributed by atoms with Gasteiger partial charge in [-0.15, -0.1) is 0 Å². The van der Waals surface area contributed by atoms with Crippen molar-refractivity contribution in [3.8, 4) is 0 Å². The molecule has 2 rings (SSSR count). The Hall–Kier alpha value is -0.890. The summed E-state index contributed by atoms with van der Waals surface area (Å²) in [6.45, 7) is 0. The van der Waals surface area contributed by atoms with Crippen LogP contribution < -0.4 is 11.3 Å². The maximum Gasteiger partial charge on any atom is 0.128 e. The van der Waals surface area contributed by atoms with E-state index in [1.54, 1.807) is 12.3 Å². The smallest absolute Gasteiger partial charge is 0.128 e. The number of aromatic nitrogens is 1. The molecule has 100 valence electrons. The summed E-state index contributed by atoms with van der Waals surface area (Å²) in [4.78, 5) is 4.17. The molecule has 3 N–H and O–H groups in total. The Labute approximate surface area is 125 Å². The standard InChI is InChI=1S/C12H9Br2F2N3/c13-6-3-9(14)12(18-5-6)11(19-17)8-4-7(15)1-2-10(8)16/h1-5,11,19H,17H2. The Kier molecular flexibility index (Phi) is 4.62. The van der Waals surface area contributed by atoms with Gasteiger partial charge in [0.2, 0.25) is 0 Å². The molecule has 1 unspecified atom stereocenters. The van der Waals surface area contributed by atoms with Crippen LogP contribution in [0.2, 0.25) is 0 Å². The van der Waals surface area contributed by atoms with Crippen LogP contribution in [0.1, 0.15) is 17.3 Å². The van der Waals surface area contributed by atoms with Gasteiger partial charge in [0.05, 0.1) is 11.7 Å². The van der Waals surface area contributed by atoms with Crippen LogP contribution in [0.4, 0.5) is 8.78 Å². The van der Waals surface area contributed by atoms with Crippen molar-refractivity contribution < 1.29 is 8.78 Å². The van der Waals surface area contributed by atoms with E-state index in [1.165, 1.54) is 0 Å². The fourth-order valence-corrected chi connectivity index (χ4v) is 2.91. The Bertz CT molecular complexity index is 608. The average molecular weight is 393 g/mol. The van der Waals surface area contributed by atoms with Gasteiger partial charge in [0, 0.05) is 20.7 Å². The van der Waals surface area contributed by atoms with Crippen LogP contribution in [-0.4, -0.2) is 4.98 Å². The highest BCUT2D eigenvalue weighted by molar-refractivity contribution is 9.11. The number of halogens is 4. The van der Waals surface area contributed by atoms with Gasteiger partial charge in [0.25, 0.3) is 0 Å². The third-order valence-corrected chi connectivity index (χ3v) is 3.61. The molecule has 0 radical (unpaired) electrons. The first kappa shape index (κ1) is 14.5. The van der Waals surface area contributed by atoms with Crippen LogP contribution in [0.25, 0.3) is 0 Å². The van der Waals surface area contributed by atoms with Crippen molar-refractivity contribution in [1.29, 1.82) is 0 Å². The van der Waals surface area contributed by atoms with Crippen molar-refractivity contribution in [2.75, 3.05) is 0 Å². The Morgan fingerprint density at radius 1 is 1.21 bits per heavy atom. The third kappa shape index (κ3) is 3.17. The SMILES string of the molecule is NNC(c1cc(F)ccc1F)c1ncc(Br)cc1Br. The summed E-state index contributed by atoms with van der Waals surface area (Å²) in [6.07, 6.45) is 1.56. The highest BCUT2D eigenvalue weighted by Gasteiger charge is 2.21. The Morgan fingerprint density at radius 3 is 2.58 bits per heavy atom. The van der Waals surface area contributed by atoms with Crippen molar-refractivity contribution in [3.05, 3.63) is 62.3 Å². The minimum atomic E-state index is -0.752. The number of pyridine rings is 1. The first-order valence-corrected chi connectivity index (χ1v) is 6.83. The van der Waals surface area contributed by atoms with Crippen molar-refractivity contribution in [3.63, 3.8) is 0 Å². The van der Waals surface area contributed by atoms with Crippen LogP contribution in [0, 0.1) is 11.6 Å². The van der Waals surface area contributed by atoms with E-state index < -0.39 is 17.7 Å². The highest BCUT2D eigenvalue weighted by Crippen LogP contribution is 2.30. The van der Waals surface area contributed by atoms with Crippen LogP contribution in [0.5, 0.6) is 0 Å². The lowest BCUT2D eigenvalue weighted by Crippen LogP contribution is -2.30. The van der Waals surface area contributed by atoms with Gasteiger partial charge in [0.15, 0.2) is 0 Å². The molecule has 0 saturated carbocycles. The van der Waals surface area contributed by atoms with Gasteiger partial charge in [-0.1, -0.05) is 0 Å². The van der Waals surface area contributed by atoms with Crippen molar-refractivity contribution >= 4 is 31.9 Å². The van der Waals surface area contributed by atoms with Gasteiger partial charge in [-0.25, -0.2) is 14.2 Å². The van der Waals surface area contributed by atoms with Crippen LogP contribution >= 0.6 is 31.9 Å². The largest absolute Gasteiger partial charge is 0.271 e. The molecule has 2 aromatic rings. The number of hydrazine groups is 1. The first-order valence-electron chi connectivity index (χ1n) is 5.25. The minimum absolute atomic E-state index is 0.0954. The fraction of sp³-hybridized carbons (Fsp3) is 0.0833. The normalized spacial score (nSPS) is 12.5. The second kappa shape index (κ2) is 6.04. The maximum atomic E-state index is 13.8. The summed E-state index contributed by atoms with van der Waals surface area (Å²) in [5.74, 6) is 4.36. The molecule has 0 aliphatic carbocycles. The predicted molar refractivity (Wildman–Crippen MR) is 75.2 cm³/mol. The third-order valence-electron chi connectivity index (χ3n) is 2.55. The van der Waals surface area contributed by atoms with E-state index in [0.717, 1.165) is 22.7 Å². The summed E-state index contributed by atoms with van der Waals surface area (Å²) < 4.78 is 28.4. The van der Waals surface area contributed by atoms with Gasteiger partial charge in [-0.2, -0.15) is 0 Å². The molecule has 1 aromatic carbocycles. The summed E-state index contributed by atoms with van der Waals surface area (Å²) in [5, 5.41) is 0. The van der Waals surface area contributed by atoms with E-state index in [2.05, 4.69) is 42.3 Å². The lowest BCUT2D eigenvalue weighted by Gasteiger charge is -2.18. The van der Waals surface area contributed by atoms with Gasteiger partial charge < -0.3 is 0 Å². The fourth-order valence-electron chi connectivity index (χ4n) is 1.69. The second-order valence-corrected chi connectivity index (χ2v) is 5.56. The maximum absolute atomic E-state index is 13.8. The monoisotopic (exact) mass is 391 g/mol. The number of nitrogens with one attached hydrogen (secondary N) is 1. The summed E-state index contributed by atoms with van der Waals surface area (Å²) in [6, 6.07) is 4.20. The zero-order valence-corrected chi connectivity index (χ0v) is 12.7. The molecular formula is C12H9Br2F2N3. The second-order valence-electron chi connectivity index (χ2n) is 3.79. The summed E-state index contributed by atoms with van der Waals surface area (Å²) in [7, 11) is 0. The molecule has 3 nitrogen and oxygen atoms in total. The summed E-state index contributed by atoms with van der Waals surface area (Å²) >= 11 is 6.60. The molecule has 0 fully saturated rings. The molecule has 0 bridgehead atoms. The topological polar surface area (TPSA) is 50.9 Å². The Morgan fingerprint density at radius 2 is 1.95 bits per heavy atom. The molecule has 0 aliphatic rings. The highest BCUT2D eigenvalue weighted by atomic mass is 79.9. The zero-order valence-electron chi connectivity index (χ0n) is 9.50. The van der Waals surface area contributed by atoms with Gasteiger partial charge in [-0.3, -0.25) is 10.8 Å². The average Bonchev–Trinajstić information content (AvgIpc) is 2.36. The number of nitrogens with zero attached hydrogens (tertiary/aromatic N) is 1. The number of hydrogen-bond acceptors (Lipinski definition) is 3. The van der Waals surface area contributed by atoms with Crippen LogP contribution in [-0.2, 0) is 0 Å². The van der Waals surface area contributed by atoms with E-state index >= 15 is 0 Å². The molecular weight excluding hydrogens is 384 g/mol. The molecule has 1 heterocycles. The van der Waals surface area contributed by atoms with E-state index in [4.69, 9.17) is 5.84 Å². The van der Waals surface area contributed by atoms with E-state index in [9.17, 15) is 8.78 Å². The van der Waals surface area contributed by atoms with E-state index in [-0.39, 0.29) is 5.56 Å². The minimum Gasteiger partial charge on any atom is -0.271 e. The quantitative estimate of drug-likeness (QED) is 0.621. The lowest BCUT2D eigenvalue weighted by atomic mass is 10.0. The van der Waals surface area contributed by atoms with Crippen molar-refractivity contribution in [1.82, 2.24) is 10.4 Å². The number of nitrogens with two attached hydrogens (primary N) is 1. The van der Waals surface area contributed by atoms with Gasteiger partial charge in [-0.05, 0) is 56.1 Å². The van der Waals surface area contributed by atoms with Crippen LogP contribution in [0.15, 0.2) is 39.4 Å². The Balaban J connectivity index is 2.52. The zero-order chi connectivity index (χ0) is 14.0. The summed E-state index contributed by atoms with van der Waals surface area (Å²) in [5.41, 5.74) is 3.01. The first-order chi connectivity index (χ1) is 9.02. The predicted octanol–water partition coefficient (Wildman–Crippen LogP) is 3.44. The van der Waals surface area contributed by atoms with E-state index in [1.807, 2.05) is 0 Å².